The maximum Gasteiger partial charge on any atom is 0.227 e. The van der Waals surface area contributed by atoms with Gasteiger partial charge in [-0.05, 0) is 80.7 Å². The largest absolute Gasteiger partial charge is 0.492 e. The number of ether oxygens (including phenoxy) is 1. The first-order valence-corrected chi connectivity index (χ1v) is 14.8. The molecule has 0 bridgehead atoms. The summed E-state index contributed by atoms with van der Waals surface area (Å²) < 4.78 is 5.81. The molecule has 3 N–H and O–H groups in total. The van der Waals surface area contributed by atoms with Crippen LogP contribution in [0, 0.1) is 13.8 Å². The number of aromatic nitrogens is 3. The van der Waals surface area contributed by atoms with Crippen molar-refractivity contribution < 1.29 is 9.53 Å². The summed E-state index contributed by atoms with van der Waals surface area (Å²) in [6.07, 6.45) is 7.91. The lowest BCUT2D eigenvalue weighted by Gasteiger charge is -2.16. The highest BCUT2D eigenvalue weighted by Crippen LogP contribution is 2.25. The molecular weight excluding hydrogens is 550 g/mol. The third-order valence-corrected chi connectivity index (χ3v) is 7.05. The molecule has 0 aliphatic carbocycles. The van der Waals surface area contributed by atoms with Crippen LogP contribution in [0.25, 0.3) is 10.8 Å². The van der Waals surface area contributed by atoms with E-state index in [4.69, 9.17) is 4.74 Å². The van der Waals surface area contributed by atoms with Crippen LogP contribution in [0.4, 0.5) is 28.8 Å². The van der Waals surface area contributed by atoms with Gasteiger partial charge in [-0.3, -0.25) is 4.79 Å². The zero-order valence-electron chi connectivity index (χ0n) is 25.9. The molecule has 5 aromatic rings. The Labute approximate surface area is 259 Å². The van der Waals surface area contributed by atoms with Gasteiger partial charge in [0.05, 0.1) is 18.1 Å². The van der Waals surface area contributed by atoms with E-state index in [1.54, 1.807) is 0 Å². The van der Waals surface area contributed by atoms with Crippen LogP contribution in [0.1, 0.15) is 30.9 Å². The lowest BCUT2D eigenvalue weighted by Crippen LogP contribution is -2.25. The van der Waals surface area contributed by atoms with Crippen molar-refractivity contribution in [2.75, 3.05) is 42.7 Å². The molecule has 44 heavy (non-hydrogen) atoms. The van der Waals surface area contributed by atoms with E-state index in [1.165, 1.54) is 41.7 Å². The van der Waals surface area contributed by atoms with Crippen LogP contribution in [-0.4, -0.2) is 53.0 Å². The summed E-state index contributed by atoms with van der Waals surface area (Å²) in [4.78, 5) is 25.4. The number of amides is 1. The van der Waals surface area contributed by atoms with Crippen molar-refractivity contribution in [2.24, 2.45) is 0 Å². The lowest BCUT2D eigenvalue weighted by atomic mass is 10.1. The highest BCUT2D eigenvalue weighted by atomic mass is 16.5. The molecule has 0 spiro atoms. The second-order valence-electron chi connectivity index (χ2n) is 10.5. The minimum absolute atomic E-state index is 0.452. The Morgan fingerprint density at radius 1 is 0.818 bits per heavy atom. The molecule has 0 radical (unpaired) electrons. The van der Waals surface area contributed by atoms with E-state index in [1.807, 2.05) is 48.7 Å². The molecule has 2 aromatic heterocycles. The lowest BCUT2D eigenvalue weighted by molar-refractivity contribution is -0.105. The number of fused-ring (bicyclic) bond motifs is 1. The van der Waals surface area contributed by atoms with Gasteiger partial charge in [0.1, 0.15) is 18.2 Å². The van der Waals surface area contributed by atoms with Crippen molar-refractivity contribution in [3.63, 3.8) is 0 Å². The number of benzene rings is 3. The number of hydrogen-bond acceptors (Lipinski definition) is 8. The van der Waals surface area contributed by atoms with Crippen LogP contribution in [0.5, 0.6) is 5.75 Å². The van der Waals surface area contributed by atoms with Gasteiger partial charge in [0.25, 0.3) is 0 Å². The molecule has 0 saturated carbocycles. The number of likely N-dealkylation sites (N-methyl/N-ethyl adjacent to an activating group) is 1. The van der Waals surface area contributed by atoms with E-state index < -0.39 is 0 Å². The Bertz CT molecular complexity index is 1620. The summed E-state index contributed by atoms with van der Waals surface area (Å²) in [6.45, 7) is 9.07. The fourth-order valence-electron chi connectivity index (χ4n) is 4.36. The molecule has 0 saturated heterocycles. The molecule has 9 nitrogen and oxygen atoms in total. The van der Waals surface area contributed by atoms with Gasteiger partial charge >= 0.3 is 0 Å². The molecule has 228 valence electrons. The first-order chi connectivity index (χ1) is 21.4. The predicted molar refractivity (Wildman–Crippen MR) is 180 cm³/mol. The molecule has 9 heteroatoms. The van der Waals surface area contributed by atoms with E-state index in [0.29, 0.717) is 24.7 Å². The molecule has 0 atom stereocenters. The number of pyridine rings is 1. The van der Waals surface area contributed by atoms with Gasteiger partial charge in [-0.15, -0.1) is 0 Å². The Balaban J connectivity index is 0.000000208. The molecular formula is C35H41N7O2. The Kier molecular flexibility index (Phi) is 12.0. The molecule has 5 rings (SSSR count). The first kappa shape index (κ1) is 31.9. The molecule has 0 fully saturated rings. The monoisotopic (exact) mass is 591 g/mol. The van der Waals surface area contributed by atoms with Crippen LogP contribution in [0.3, 0.4) is 0 Å². The summed E-state index contributed by atoms with van der Waals surface area (Å²) in [6, 6.07) is 24.3. The number of rotatable bonds is 13. The van der Waals surface area contributed by atoms with Crippen LogP contribution in [0.15, 0.2) is 91.4 Å². The zero-order chi connectivity index (χ0) is 31.1. The minimum Gasteiger partial charge on any atom is -0.492 e. The van der Waals surface area contributed by atoms with Crippen LogP contribution in [-0.2, 0) is 4.79 Å². The second kappa shape index (κ2) is 16.6. The smallest absolute Gasteiger partial charge is 0.227 e. The molecule has 2 heterocycles. The standard InChI is InChI=1S/C18H25N5O2.C17H16N2/c1-3-4-8-23(2)9-10-25-17-7-5-6-15(11-17)22-18-19-12-16(13-20-18)21-14-24;1-12-7-8-15(11-13(12)2)19-17-16-6-4-3-5-14(16)9-10-18-17/h5-7,11-14H,3-4,8-10H2,1-2H3,(H,21,24)(H,19,20,22);3-11H,1-2H3,(H,18,19). The number of aryl methyl sites for hydroxylation is 2. The van der Waals surface area contributed by atoms with Crippen molar-refractivity contribution >= 4 is 46.0 Å². The fourth-order valence-corrected chi connectivity index (χ4v) is 4.36. The highest BCUT2D eigenvalue weighted by molar-refractivity contribution is 5.93. The van der Waals surface area contributed by atoms with Gasteiger partial charge in [0.2, 0.25) is 12.4 Å². The Hall–Kier alpha value is -5.02. The van der Waals surface area contributed by atoms with Crippen molar-refractivity contribution in [3.8, 4) is 5.75 Å². The summed E-state index contributed by atoms with van der Waals surface area (Å²) in [7, 11) is 2.11. The molecule has 3 aromatic carbocycles. The molecule has 0 aliphatic heterocycles. The van der Waals surface area contributed by atoms with Crippen LogP contribution < -0.4 is 20.7 Å². The third-order valence-electron chi connectivity index (χ3n) is 7.05. The van der Waals surface area contributed by atoms with Gasteiger partial charge in [0.15, 0.2) is 0 Å². The first-order valence-electron chi connectivity index (χ1n) is 14.8. The van der Waals surface area contributed by atoms with Crippen molar-refractivity contribution in [2.45, 2.75) is 33.6 Å². The molecule has 1 amide bonds. The Morgan fingerprint density at radius 3 is 2.39 bits per heavy atom. The van der Waals surface area contributed by atoms with E-state index in [9.17, 15) is 4.79 Å². The number of nitrogens with zero attached hydrogens (tertiary/aromatic N) is 4. The second-order valence-corrected chi connectivity index (χ2v) is 10.5. The average molecular weight is 592 g/mol. The Morgan fingerprint density at radius 2 is 1.61 bits per heavy atom. The summed E-state index contributed by atoms with van der Waals surface area (Å²) in [5.41, 5.74) is 5.05. The molecule has 0 unspecified atom stereocenters. The van der Waals surface area contributed by atoms with E-state index in [-0.39, 0.29) is 0 Å². The van der Waals surface area contributed by atoms with Gasteiger partial charge < -0.3 is 25.6 Å². The van der Waals surface area contributed by atoms with E-state index in [2.05, 4.69) is 94.0 Å². The summed E-state index contributed by atoms with van der Waals surface area (Å²) in [5, 5.41) is 11.4. The van der Waals surface area contributed by atoms with Crippen molar-refractivity contribution in [1.82, 2.24) is 19.9 Å². The number of carbonyl (C=O) groups excluding carboxylic acids is 1. The van der Waals surface area contributed by atoms with Gasteiger partial charge in [0, 0.05) is 35.6 Å². The maximum atomic E-state index is 10.4. The van der Waals surface area contributed by atoms with E-state index in [0.717, 1.165) is 41.4 Å². The number of unbranched alkanes of at least 4 members (excludes halogenated alkanes) is 1. The summed E-state index contributed by atoms with van der Waals surface area (Å²) in [5.74, 6) is 2.15. The average Bonchev–Trinajstić information content (AvgIpc) is 3.04. The van der Waals surface area contributed by atoms with Gasteiger partial charge in [-0.1, -0.05) is 49.7 Å². The van der Waals surface area contributed by atoms with Gasteiger partial charge in [-0.25, -0.2) is 15.0 Å². The number of nitrogens with one attached hydrogen (secondary N) is 3. The topological polar surface area (TPSA) is 104 Å². The van der Waals surface area contributed by atoms with Crippen LogP contribution >= 0.6 is 0 Å². The van der Waals surface area contributed by atoms with E-state index >= 15 is 0 Å². The fraction of sp³-hybridized carbons (Fsp3) is 0.257. The van der Waals surface area contributed by atoms with Crippen molar-refractivity contribution in [1.29, 1.82) is 0 Å². The number of anilines is 5. The van der Waals surface area contributed by atoms with Crippen molar-refractivity contribution in [3.05, 3.63) is 103 Å². The van der Waals surface area contributed by atoms with Crippen LogP contribution in [0.2, 0.25) is 0 Å². The SMILES string of the molecule is CCCCN(C)CCOc1cccc(Nc2ncc(NC=O)cn2)c1.Cc1ccc(Nc2nccc3ccccc23)cc1C. The highest BCUT2D eigenvalue weighted by Gasteiger charge is 2.04. The minimum atomic E-state index is 0.452. The predicted octanol–water partition coefficient (Wildman–Crippen LogP) is 7.49. The van der Waals surface area contributed by atoms with Gasteiger partial charge in [-0.2, -0.15) is 0 Å². The zero-order valence-corrected chi connectivity index (χ0v) is 25.9. The normalized spacial score (nSPS) is 10.6. The summed E-state index contributed by atoms with van der Waals surface area (Å²) >= 11 is 0. The maximum absolute atomic E-state index is 10.4. The quantitative estimate of drug-likeness (QED) is 0.121. The number of hydrogen-bond donors (Lipinski definition) is 3. The molecule has 0 aliphatic rings. The number of carbonyl (C=O) groups is 1. The third kappa shape index (κ3) is 9.78.